The first-order valence-electron chi connectivity index (χ1n) is 6.00. The normalized spacial score (nSPS) is 9.95. The number of benzene rings is 1. The number of carbonyl (C=O) groups excluding carboxylic acids is 2. The van der Waals surface area contributed by atoms with Gasteiger partial charge in [-0.05, 0) is 47.7 Å². The van der Waals surface area contributed by atoms with Gasteiger partial charge in [0.2, 0.25) is 0 Å². The van der Waals surface area contributed by atoms with E-state index < -0.39 is 5.97 Å². The van der Waals surface area contributed by atoms with E-state index in [1.165, 1.54) is 4.90 Å². The van der Waals surface area contributed by atoms with Gasteiger partial charge in [0.05, 0.1) is 11.6 Å². The minimum absolute atomic E-state index is 0.109. The maximum atomic E-state index is 12.3. The van der Waals surface area contributed by atoms with E-state index in [0.29, 0.717) is 10.6 Å². The second kappa shape index (κ2) is 8.26. The quantitative estimate of drug-likeness (QED) is 0.413. The lowest BCUT2D eigenvalue weighted by Gasteiger charge is -2.20. The minimum atomic E-state index is -0.445. The van der Waals surface area contributed by atoms with Crippen LogP contribution in [0.5, 0.6) is 0 Å². The van der Waals surface area contributed by atoms with Crippen LogP contribution in [0.15, 0.2) is 30.9 Å². The summed E-state index contributed by atoms with van der Waals surface area (Å²) in [4.78, 5) is 25.2. The molecular weight excluding hydrogens is 393 g/mol. The maximum absolute atomic E-state index is 12.3. The van der Waals surface area contributed by atoms with Gasteiger partial charge >= 0.3 is 5.97 Å². The average Bonchev–Trinajstić information content (AvgIpc) is 2.41. The van der Waals surface area contributed by atoms with Crippen molar-refractivity contribution >= 4 is 46.1 Å². The van der Waals surface area contributed by atoms with Crippen LogP contribution in [-0.2, 0) is 9.53 Å². The molecule has 0 aliphatic carbocycles. The fourth-order valence-electron chi connectivity index (χ4n) is 1.55. The molecule has 0 atom stereocenters. The zero-order chi connectivity index (χ0) is 15.1. The summed E-state index contributed by atoms with van der Waals surface area (Å²) in [5.74, 6) is -0.726. The second-order valence-electron chi connectivity index (χ2n) is 3.91. The van der Waals surface area contributed by atoms with Gasteiger partial charge in [0, 0.05) is 15.7 Å². The summed E-state index contributed by atoms with van der Waals surface area (Å²) >= 11 is 8.09. The van der Waals surface area contributed by atoms with Crippen LogP contribution < -0.4 is 0 Å². The molecule has 6 heteroatoms. The Morgan fingerprint density at radius 1 is 1.50 bits per heavy atom. The number of halogens is 2. The van der Waals surface area contributed by atoms with Crippen molar-refractivity contribution < 1.29 is 14.3 Å². The van der Waals surface area contributed by atoms with E-state index in [4.69, 9.17) is 16.3 Å². The molecule has 0 radical (unpaired) electrons. The molecule has 0 bridgehead atoms. The molecule has 108 valence electrons. The Morgan fingerprint density at radius 3 is 2.75 bits per heavy atom. The van der Waals surface area contributed by atoms with Crippen LogP contribution in [0.4, 0.5) is 0 Å². The zero-order valence-electron chi connectivity index (χ0n) is 11.1. The molecular formula is C14H15ClINO3. The molecule has 0 heterocycles. The summed E-state index contributed by atoms with van der Waals surface area (Å²) in [5.41, 5.74) is 0.432. The smallest absolute Gasteiger partial charge is 0.325 e. The number of carbonyl (C=O) groups is 2. The molecule has 20 heavy (non-hydrogen) atoms. The predicted octanol–water partition coefficient (Wildman–Crippen LogP) is 3.14. The monoisotopic (exact) mass is 407 g/mol. The van der Waals surface area contributed by atoms with Gasteiger partial charge < -0.3 is 9.64 Å². The third-order valence-electron chi connectivity index (χ3n) is 2.43. The lowest BCUT2D eigenvalue weighted by atomic mass is 10.2. The van der Waals surface area contributed by atoms with Crippen LogP contribution in [0.1, 0.15) is 17.3 Å². The number of rotatable bonds is 6. The third kappa shape index (κ3) is 4.79. The van der Waals surface area contributed by atoms with Crippen molar-refractivity contribution in [3.63, 3.8) is 0 Å². The van der Waals surface area contributed by atoms with Crippen molar-refractivity contribution in [3.8, 4) is 0 Å². The van der Waals surface area contributed by atoms with E-state index in [0.717, 1.165) is 3.57 Å². The Labute approximate surface area is 136 Å². The van der Waals surface area contributed by atoms with Gasteiger partial charge in [-0.15, -0.1) is 6.58 Å². The Hall–Kier alpha value is -1.08. The topological polar surface area (TPSA) is 46.6 Å². The van der Waals surface area contributed by atoms with Crippen molar-refractivity contribution in [2.24, 2.45) is 0 Å². The molecule has 0 N–H and O–H groups in total. The summed E-state index contributed by atoms with van der Waals surface area (Å²) in [5, 5.41) is 0.506. The van der Waals surface area contributed by atoms with Crippen LogP contribution >= 0.6 is 34.2 Å². The Kier molecular flexibility index (Phi) is 7.01. The summed E-state index contributed by atoms with van der Waals surface area (Å²) in [6.07, 6.45) is 1.56. The van der Waals surface area contributed by atoms with Crippen molar-refractivity contribution in [3.05, 3.63) is 45.0 Å². The molecule has 0 spiro atoms. The van der Waals surface area contributed by atoms with E-state index in [-0.39, 0.29) is 25.6 Å². The van der Waals surface area contributed by atoms with Crippen LogP contribution in [0.3, 0.4) is 0 Å². The number of nitrogens with zero attached hydrogens (tertiary/aromatic N) is 1. The van der Waals surface area contributed by atoms with Crippen LogP contribution in [0.2, 0.25) is 5.02 Å². The van der Waals surface area contributed by atoms with Crippen molar-refractivity contribution in [2.75, 3.05) is 19.7 Å². The van der Waals surface area contributed by atoms with Gasteiger partial charge in [-0.2, -0.15) is 0 Å². The minimum Gasteiger partial charge on any atom is -0.465 e. The van der Waals surface area contributed by atoms with Crippen LogP contribution in [0.25, 0.3) is 0 Å². The van der Waals surface area contributed by atoms with Crippen molar-refractivity contribution in [2.45, 2.75) is 6.92 Å². The highest BCUT2D eigenvalue weighted by molar-refractivity contribution is 14.1. The SMILES string of the molecule is C=CCN(CC(=O)OCC)C(=O)c1ccc(I)c(Cl)c1. The highest BCUT2D eigenvalue weighted by Crippen LogP contribution is 2.20. The van der Waals surface area contributed by atoms with Gasteiger partial charge in [-0.25, -0.2) is 0 Å². The van der Waals surface area contributed by atoms with Gasteiger partial charge in [0.15, 0.2) is 0 Å². The van der Waals surface area contributed by atoms with E-state index in [9.17, 15) is 9.59 Å². The number of esters is 1. The molecule has 0 aromatic heterocycles. The number of hydrogen-bond donors (Lipinski definition) is 0. The lowest BCUT2D eigenvalue weighted by Crippen LogP contribution is -2.36. The molecule has 1 rings (SSSR count). The second-order valence-corrected chi connectivity index (χ2v) is 5.48. The first-order chi connectivity index (χ1) is 9.49. The summed E-state index contributed by atoms with van der Waals surface area (Å²) in [6, 6.07) is 5.02. The highest BCUT2D eigenvalue weighted by Gasteiger charge is 2.19. The van der Waals surface area contributed by atoms with E-state index in [2.05, 4.69) is 29.2 Å². The van der Waals surface area contributed by atoms with Crippen LogP contribution in [-0.4, -0.2) is 36.5 Å². The summed E-state index contributed by atoms with van der Waals surface area (Å²) < 4.78 is 5.72. The molecule has 0 saturated heterocycles. The van der Waals surface area contributed by atoms with Crippen molar-refractivity contribution in [1.82, 2.24) is 4.90 Å². The maximum Gasteiger partial charge on any atom is 0.325 e. The van der Waals surface area contributed by atoms with E-state index in [1.54, 1.807) is 31.2 Å². The molecule has 1 aromatic rings. The van der Waals surface area contributed by atoms with E-state index in [1.807, 2.05) is 0 Å². The molecule has 4 nitrogen and oxygen atoms in total. The molecule has 1 amide bonds. The van der Waals surface area contributed by atoms with Gasteiger partial charge in [-0.1, -0.05) is 17.7 Å². The fourth-order valence-corrected chi connectivity index (χ4v) is 2.07. The first kappa shape index (κ1) is 17.0. The summed E-state index contributed by atoms with van der Waals surface area (Å²) in [7, 11) is 0. The Bertz CT molecular complexity index is 519. The van der Waals surface area contributed by atoms with Gasteiger partial charge in [0.1, 0.15) is 6.54 Å². The number of hydrogen-bond acceptors (Lipinski definition) is 3. The average molecular weight is 408 g/mol. The first-order valence-corrected chi connectivity index (χ1v) is 7.46. The van der Waals surface area contributed by atoms with Gasteiger partial charge in [0.25, 0.3) is 5.91 Å². The fraction of sp³-hybridized carbons (Fsp3) is 0.286. The Morgan fingerprint density at radius 2 is 2.20 bits per heavy atom. The molecule has 0 saturated carbocycles. The molecule has 0 unspecified atom stereocenters. The van der Waals surface area contributed by atoms with Crippen molar-refractivity contribution in [1.29, 1.82) is 0 Å². The van der Waals surface area contributed by atoms with Crippen LogP contribution in [0, 0.1) is 3.57 Å². The van der Waals surface area contributed by atoms with E-state index >= 15 is 0 Å². The van der Waals surface area contributed by atoms with Gasteiger partial charge in [-0.3, -0.25) is 9.59 Å². The number of ether oxygens (including phenoxy) is 1. The standard InChI is InChI=1S/C14H15ClINO3/c1-3-7-17(9-13(18)20-4-2)14(19)10-5-6-12(16)11(15)8-10/h3,5-6,8H,1,4,7,9H2,2H3. The molecule has 0 aliphatic rings. The largest absolute Gasteiger partial charge is 0.465 e. The number of amides is 1. The third-order valence-corrected chi connectivity index (χ3v) is 4.00. The molecule has 1 aromatic carbocycles. The Balaban J connectivity index is 2.89. The molecule has 0 aliphatic heterocycles. The summed E-state index contributed by atoms with van der Waals surface area (Å²) in [6.45, 7) is 5.75. The predicted molar refractivity (Wildman–Crippen MR) is 86.9 cm³/mol. The zero-order valence-corrected chi connectivity index (χ0v) is 14.0. The highest BCUT2D eigenvalue weighted by atomic mass is 127. The lowest BCUT2D eigenvalue weighted by molar-refractivity contribution is -0.143. The molecule has 0 fully saturated rings.